The Balaban J connectivity index is 0.00000231. The molecule has 1 spiro atoms. The van der Waals surface area contributed by atoms with E-state index in [9.17, 15) is 23.9 Å². The summed E-state index contributed by atoms with van der Waals surface area (Å²) < 4.78 is 34.7. The number of carboxylic acid groups (broad SMARTS) is 1. The van der Waals surface area contributed by atoms with Crippen molar-refractivity contribution in [2.24, 2.45) is 11.1 Å². The summed E-state index contributed by atoms with van der Waals surface area (Å²) in [7, 11) is 1.27. The molecule has 11 heteroatoms. The maximum absolute atomic E-state index is 15.2. The molecule has 1 aromatic carbocycles. The molecule has 168 valence electrons. The zero-order valence-corrected chi connectivity index (χ0v) is 17.5. The second kappa shape index (κ2) is 7.03. The molecule has 0 amide bonds. The molecule has 31 heavy (non-hydrogen) atoms. The number of benzene rings is 1. The summed E-state index contributed by atoms with van der Waals surface area (Å²) in [5, 5.41) is 9.62. The van der Waals surface area contributed by atoms with E-state index in [2.05, 4.69) is 0 Å². The van der Waals surface area contributed by atoms with Crippen molar-refractivity contribution in [1.82, 2.24) is 0 Å². The lowest BCUT2D eigenvalue weighted by molar-refractivity contribution is -0.141. The van der Waals surface area contributed by atoms with Crippen LogP contribution in [0, 0.1) is 11.2 Å². The number of aliphatic carboxylic acids is 1. The van der Waals surface area contributed by atoms with Crippen LogP contribution in [-0.2, 0) is 9.59 Å². The number of alkyl halides is 1. The molecular weight excluding hydrogens is 436 g/mol. The van der Waals surface area contributed by atoms with Gasteiger partial charge < -0.3 is 25.4 Å². The van der Waals surface area contributed by atoms with Crippen LogP contribution < -0.4 is 20.3 Å². The third-order valence-corrected chi connectivity index (χ3v) is 6.83. The molecule has 1 aromatic rings. The van der Waals surface area contributed by atoms with Gasteiger partial charge in [-0.2, -0.15) is 0 Å². The van der Waals surface area contributed by atoms with Gasteiger partial charge in [0.15, 0.2) is 17.6 Å². The molecule has 2 aliphatic carbocycles. The van der Waals surface area contributed by atoms with E-state index in [-0.39, 0.29) is 53.0 Å². The first kappa shape index (κ1) is 21.8. The Morgan fingerprint density at radius 2 is 1.97 bits per heavy atom. The van der Waals surface area contributed by atoms with Gasteiger partial charge in [-0.15, -0.1) is 12.4 Å². The summed E-state index contributed by atoms with van der Waals surface area (Å²) in [6.07, 6.45) is 0.531. The fraction of sp³-hybridized carbons (Fsp3) is 0.550. The van der Waals surface area contributed by atoms with Crippen molar-refractivity contribution in [2.75, 3.05) is 30.0 Å². The third-order valence-electron chi connectivity index (χ3n) is 6.83. The molecule has 2 aliphatic heterocycles. The molecule has 3 N–H and O–H groups in total. The van der Waals surface area contributed by atoms with Crippen molar-refractivity contribution in [3.05, 3.63) is 17.4 Å². The summed E-state index contributed by atoms with van der Waals surface area (Å²) in [5.74, 6) is -4.74. The Kier molecular flexibility index (Phi) is 4.93. The molecule has 2 saturated carbocycles. The number of nitrogens with zero attached hydrogens (tertiary/aromatic N) is 2. The zero-order valence-electron chi connectivity index (χ0n) is 16.6. The highest BCUT2D eigenvalue weighted by Gasteiger charge is 2.57. The standard InChI is InChI=1S/C20H21F2N3O5.ClH/c1-30-18-13-8(4-10(22)14(18)24-6-12(23)20(7-24)2-3-20)16(26)17(27)15(19(28)29)25(13)11-5-9(11)21;/h4,9,11-12,15H,2-3,5-7,23H2,1H3,(H,28,29);1H/t9-,11+,12+,15?;/m0./s1. The number of carboxylic acids is 1. The number of fused-ring (bicyclic) bond motifs is 1. The molecule has 0 radical (unpaired) electrons. The zero-order chi connectivity index (χ0) is 21.5. The van der Waals surface area contributed by atoms with Crippen molar-refractivity contribution < 1.29 is 33.0 Å². The summed E-state index contributed by atoms with van der Waals surface area (Å²) in [4.78, 5) is 39.8. The smallest absolute Gasteiger partial charge is 0.334 e. The van der Waals surface area contributed by atoms with E-state index in [0.717, 1.165) is 23.8 Å². The predicted molar refractivity (Wildman–Crippen MR) is 109 cm³/mol. The first-order chi connectivity index (χ1) is 14.2. The number of carbonyl (C=O) groups excluding carboxylic acids is 2. The van der Waals surface area contributed by atoms with Crippen molar-refractivity contribution >= 4 is 41.3 Å². The highest BCUT2D eigenvalue weighted by molar-refractivity contribution is 6.51. The van der Waals surface area contributed by atoms with E-state index in [1.165, 1.54) is 7.11 Å². The van der Waals surface area contributed by atoms with Gasteiger partial charge in [-0.1, -0.05) is 0 Å². The van der Waals surface area contributed by atoms with E-state index < -0.39 is 41.6 Å². The lowest BCUT2D eigenvalue weighted by Crippen LogP contribution is -2.55. The molecule has 1 saturated heterocycles. The molecule has 0 aromatic heterocycles. The maximum atomic E-state index is 15.2. The number of nitrogens with two attached hydrogens (primary N) is 1. The number of halogens is 3. The van der Waals surface area contributed by atoms with Crippen LogP contribution in [0.5, 0.6) is 5.75 Å². The first-order valence-electron chi connectivity index (χ1n) is 9.85. The molecule has 4 aliphatic rings. The minimum Gasteiger partial charge on any atom is -0.492 e. The van der Waals surface area contributed by atoms with Crippen LogP contribution in [0.1, 0.15) is 29.6 Å². The Hall–Kier alpha value is -2.46. The van der Waals surface area contributed by atoms with Gasteiger partial charge in [0.2, 0.25) is 11.6 Å². The summed E-state index contributed by atoms with van der Waals surface area (Å²) in [5.41, 5.74) is 5.88. The number of hydrogen-bond donors (Lipinski definition) is 2. The number of anilines is 2. The van der Waals surface area contributed by atoms with Crippen LogP contribution in [0.15, 0.2) is 6.07 Å². The third kappa shape index (κ3) is 2.99. The number of Topliss-reactive ketones (excluding diaryl/α,β-unsaturated/α-hetero) is 2. The molecule has 3 fully saturated rings. The molecule has 8 nitrogen and oxygen atoms in total. The Morgan fingerprint density at radius 1 is 1.32 bits per heavy atom. The Labute approximate surface area is 182 Å². The van der Waals surface area contributed by atoms with Gasteiger partial charge in [-0.05, 0) is 18.9 Å². The lowest BCUT2D eigenvalue weighted by atomic mass is 9.91. The van der Waals surface area contributed by atoms with Gasteiger partial charge in [0.1, 0.15) is 11.9 Å². The summed E-state index contributed by atoms with van der Waals surface area (Å²) >= 11 is 0. The van der Waals surface area contributed by atoms with E-state index >= 15 is 4.39 Å². The average Bonchev–Trinajstić information content (AvgIpc) is 3.58. The highest BCUT2D eigenvalue weighted by atomic mass is 35.5. The van der Waals surface area contributed by atoms with Gasteiger partial charge in [0.05, 0.1) is 24.4 Å². The van der Waals surface area contributed by atoms with Gasteiger partial charge >= 0.3 is 5.97 Å². The molecule has 1 unspecified atom stereocenters. The minimum absolute atomic E-state index is 0. The maximum Gasteiger partial charge on any atom is 0.334 e. The molecule has 4 atom stereocenters. The van der Waals surface area contributed by atoms with Crippen molar-refractivity contribution in [2.45, 2.75) is 43.6 Å². The quantitative estimate of drug-likeness (QED) is 0.514. The van der Waals surface area contributed by atoms with Crippen LogP contribution >= 0.6 is 12.4 Å². The van der Waals surface area contributed by atoms with Gasteiger partial charge in [-0.25, -0.2) is 13.6 Å². The van der Waals surface area contributed by atoms with Crippen LogP contribution in [0.25, 0.3) is 0 Å². The minimum atomic E-state index is -1.88. The van der Waals surface area contributed by atoms with Crippen molar-refractivity contribution in [1.29, 1.82) is 0 Å². The summed E-state index contributed by atoms with van der Waals surface area (Å²) in [6.45, 7) is 0.876. The fourth-order valence-electron chi connectivity index (χ4n) is 4.92. The number of ketones is 2. The largest absolute Gasteiger partial charge is 0.492 e. The molecule has 5 rings (SSSR count). The van der Waals surface area contributed by atoms with Crippen LogP contribution in [0.3, 0.4) is 0 Å². The van der Waals surface area contributed by atoms with E-state index in [1.54, 1.807) is 4.90 Å². The first-order valence-corrected chi connectivity index (χ1v) is 9.85. The number of methoxy groups -OCH3 is 1. The summed E-state index contributed by atoms with van der Waals surface area (Å²) in [6, 6.07) is -2.00. The second-order valence-corrected chi connectivity index (χ2v) is 8.65. The Bertz CT molecular complexity index is 1000. The molecular formula is C20H22ClF2N3O5. The van der Waals surface area contributed by atoms with Gasteiger partial charge in [-0.3, -0.25) is 9.59 Å². The monoisotopic (exact) mass is 457 g/mol. The van der Waals surface area contributed by atoms with E-state index in [1.807, 2.05) is 0 Å². The molecule has 0 bridgehead atoms. The second-order valence-electron chi connectivity index (χ2n) is 8.65. The SMILES string of the molecule is COc1c(N2C[C@@H](N)C3(CC3)C2)c(F)cc2c1N([C@@H]1C[C@@H]1F)C(C(=O)O)C(=O)C2=O.Cl. The van der Waals surface area contributed by atoms with Gasteiger partial charge in [0.25, 0.3) is 0 Å². The van der Waals surface area contributed by atoms with E-state index in [0.29, 0.717) is 13.1 Å². The highest BCUT2D eigenvalue weighted by Crippen LogP contribution is 2.56. The molecule has 2 heterocycles. The van der Waals surface area contributed by atoms with Crippen molar-refractivity contribution in [3.8, 4) is 5.75 Å². The fourth-order valence-corrected chi connectivity index (χ4v) is 4.92. The number of rotatable bonds is 4. The number of hydrogen-bond acceptors (Lipinski definition) is 7. The van der Waals surface area contributed by atoms with E-state index in [4.69, 9.17) is 10.5 Å². The topological polar surface area (TPSA) is 113 Å². The van der Waals surface area contributed by atoms with Crippen LogP contribution in [-0.4, -0.2) is 67.1 Å². The van der Waals surface area contributed by atoms with Crippen molar-refractivity contribution in [3.63, 3.8) is 0 Å². The lowest BCUT2D eigenvalue weighted by Gasteiger charge is -2.37. The van der Waals surface area contributed by atoms with Gasteiger partial charge in [0, 0.05) is 31.0 Å². The van der Waals surface area contributed by atoms with Crippen LogP contribution in [0.4, 0.5) is 20.2 Å². The predicted octanol–water partition coefficient (Wildman–Crippen LogP) is 1.32. The Morgan fingerprint density at radius 3 is 2.45 bits per heavy atom. The van der Waals surface area contributed by atoms with Crippen LogP contribution in [0.2, 0.25) is 0 Å². The average molecular weight is 458 g/mol. The normalized spacial score (nSPS) is 30.2. The number of carbonyl (C=O) groups is 3. The number of ether oxygens (including phenoxy) is 1.